The predicted molar refractivity (Wildman–Crippen MR) is 82.7 cm³/mol. The minimum atomic E-state index is -0.518. The summed E-state index contributed by atoms with van der Waals surface area (Å²) in [6.07, 6.45) is 0. The maximum absolute atomic E-state index is 11.8. The molecule has 2 aromatic carbocycles. The Bertz CT molecular complexity index is 614. The summed E-state index contributed by atoms with van der Waals surface area (Å²) in [5.41, 5.74) is 10.7. The summed E-state index contributed by atoms with van der Waals surface area (Å²) in [5.74, 6) is -0.378. The van der Waals surface area contributed by atoms with Crippen molar-refractivity contribution in [3.8, 4) is 0 Å². The summed E-state index contributed by atoms with van der Waals surface area (Å²) in [4.78, 5) is 11.8. The molecule has 1 amide bonds. The van der Waals surface area contributed by atoms with E-state index in [4.69, 9.17) is 5.73 Å². The van der Waals surface area contributed by atoms with Gasteiger partial charge in [-0.25, -0.2) is 0 Å². The third-order valence-electron chi connectivity index (χ3n) is 3.19. The van der Waals surface area contributed by atoms with E-state index in [2.05, 4.69) is 11.4 Å². The molecule has 1 unspecified atom stereocenters. The molecular formula is C17H20N2O. The van der Waals surface area contributed by atoms with Crippen LogP contribution in [0.2, 0.25) is 0 Å². The van der Waals surface area contributed by atoms with Crippen molar-refractivity contribution in [2.75, 3.05) is 5.32 Å². The Morgan fingerprint density at radius 1 is 1.00 bits per heavy atom. The lowest BCUT2D eigenvalue weighted by molar-refractivity contribution is -0.118. The van der Waals surface area contributed by atoms with E-state index in [0.717, 1.165) is 27.9 Å². The quantitative estimate of drug-likeness (QED) is 0.894. The molecule has 0 aliphatic rings. The third-order valence-corrected chi connectivity index (χ3v) is 3.19. The van der Waals surface area contributed by atoms with Crippen molar-refractivity contribution in [3.63, 3.8) is 0 Å². The number of aryl methyl sites for hydroxylation is 3. The fraction of sp³-hybridized carbons (Fsp3) is 0.235. The van der Waals surface area contributed by atoms with Crippen LogP contribution in [0.5, 0.6) is 0 Å². The fourth-order valence-corrected chi connectivity index (χ4v) is 2.40. The normalized spacial score (nSPS) is 11.9. The molecule has 0 bridgehead atoms. The number of primary amides is 1. The largest absolute Gasteiger partial charge is 0.370 e. The minimum absolute atomic E-state index is 0.378. The molecule has 0 saturated carbocycles. The van der Waals surface area contributed by atoms with E-state index >= 15 is 0 Å². The lowest BCUT2D eigenvalue weighted by atomic mass is 10.0. The SMILES string of the molecule is Cc1cccc(NC(C(N)=O)c2cc(C)cc(C)c2)c1. The van der Waals surface area contributed by atoms with Crippen molar-refractivity contribution >= 4 is 11.6 Å². The molecule has 0 aliphatic carbocycles. The van der Waals surface area contributed by atoms with Crippen molar-refractivity contribution in [2.45, 2.75) is 26.8 Å². The zero-order valence-corrected chi connectivity index (χ0v) is 12.1. The van der Waals surface area contributed by atoms with E-state index in [1.54, 1.807) is 0 Å². The van der Waals surface area contributed by atoms with Crippen LogP contribution in [0.3, 0.4) is 0 Å². The molecule has 0 radical (unpaired) electrons. The van der Waals surface area contributed by atoms with Gasteiger partial charge in [0.2, 0.25) is 5.91 Å². The Morgan fingerprint density at radius 2 is 1.65 bits per heavy atom. The second-order valence-corrected chi connectivity index (χ2v) is 5.27. The molecule has 0 saturated heterocycles. The Kier molecular flexibility index (Phi) is 4.08. The number of carbonyl (C=O) groups excluding carboxylic acids is 1. The summed E-state index contributed by atoms with van der Waals surface area (Å²) in [6, 6.07) is 13.4. The highest BCUT2D eigenvalue weighted by Gasteiger charge is 2.18. The van der Waals surface area contributed by atoms with Crippen molar-refractivity contribution in [1.29, 1.82) is 0 Å². The first-order chi connectivity index (χ1) is 9.45. The van der Waals surface area contributed by atoms with E-state index in [9.17, 15) is 4.79 Å². The van der Waals surface area contributed by atoms with E-state index in [1.807, 2.05) is 57.2 Å². The Balaban J connectivity index is 2.34. The van der Waals surface area contributed by atoms with E-state index in [0.29, 0.717) is 0 Å². The zero-order valence-electron chi connectivity index (χ0n) is 12.1. The number of nitrogens with one attached hydrogen (secondary N) is 1. The number of hydrogen-bond acceptors (Lipinski definition) is 2. The van der Waals surface area contributed by atoms with Gasteiger partial charge in [0.25, 0.3) is 0 Å². The van der Waals surface area contributed by atoms with E-state index < -0.39 is 6.04 Å². The van der Waals surface area contributed by atoms with Crippen molar-refractivity contribution in [1.82, 2.24) is 0 Å². The lowest BCUT2D eigenvalue weighted by Crippen LogP contribution is -2.27. The summed E-state index contributed by atoms with van der Waals surface area (Å²) in [5, 5.41) is 3.22. The standard InChI is InChI=1S/C17H20N2O/c1-11-5-4-6-15(10-11)19-16(17(18)20)14-8-12(2)7-13(3)9-14/h4-10,16,19H,1-3H3,(H2,18,20). The molecule has 0 aliphatic heterocycles. The summed E-state index contributed by atoms with van der Waals surface area (Å²) in [6.45, 7) is 6.05. The van der Waals surface area contributed by atoms with Gasteiger partial charge in [-0.15, -0.1) is 0 Å². The summed E-state index contributed by atoms with van der Waals surface area (Å²) >= 11 is 0. The highest BCUT2D eigenvalue weighted by molar-refractivity contribution is 5.84. The number of carbonyl (C=O) groups is 1. The molecule has 1 atom stereocenters. The molecule has 0 spiro atoms. The number of amides is 1. The number of nitrogens with two attached hydrogens (primary N) is 1. The van der Waals surface area contributed by atoms with Crippen LogP contribution in [-0.2, 0) is 4.79 Å². The molecule has 0 heterocycles. The van der Waals surface area contributed by atoms with Gasteiger partial charge >= 0.3 is 0 Å². The highest BCUT2D eigenvalue weighted by Crippen LogP contribution is 2.22. The van der Waals surface area contributed by atoms with Crippen LogP contribution in [0.1, 0.15) is 28.3 Å². The van der Waals surface area contributed by atoms with Crippen molar-refractivity contribution < 1.29 is 4.79 Å². The van der Waals surface area contributed by atoms with Crippen LogP contribution in [0.25, 0.3) is 0 Å². The first kappa shape index (κ1) is 14.1. The molecule has 3 nitrogen and oxygen atoms in total. The van der Waals surface area contributed by atoms with Gasteiger partial charge < -0.3 is 11.1 Å². The van der Waals surface area contributed by atoms with Gasteiger partial charge in [-0.05, 0) is 44.0 Å². The van der Waals surface area contributed by atoms with Crippen molar-refractivity contribution in [2.24, 2.45) is 5.73 Å². The molecule has 2 aromatic rings. The second-order valence-electron chi connectivity index (χ2n) is 5.27. The molecule has 3 N–H and O–H groups in total. The fourth-order valence-electron chi connectivity index (χ4n) is 2.40. The number of rotatable bonds is 4. The third kappa shape index (κ3) is 3.38. The van der Waals surface area contributed by atoms with Crippen molar-refractivity contribution in [3.05, 3.63) is 64.7 Å². The predicted octanol–water partition coefficient (Wildman–Crippen LogP) is 3.25. The Morgan fingerprint density at radius 3 is 2.20 bits per heavy atom. The van der Waals surface area contributed by atoms with Crippen LogP contribution in [-0.4, -0.2) is 5.91 Å². The van der Waals surface area contributed by atoms with Gasteiger partial charge in [-0.3, -0.25) is 4.79 Å². The molecule has 0 fully saturated rings. The average Bonchev–Trinajstić information content (AvgIpc) is 2.34. The first-order valence-corrected chi connectivity index (χ1v) is 6.66. The van der Waals surface area contributed by atoms with Crippen LogP contribution in [0.4, 0.5) is 5.69 Å². The zero-order chi connectivity index (χ0) is 14.7. The highest BCUT2D eigenvalue weighted by atomic mass is 16.1. The van der Waals surface area contributed by atoms with Crippen LogP contribution in [0.15, 0.2) is 42.5 Å². The molecule has 20 heavy (non-hydrogen) atoms. The van der Waals surface area contributed by atoms with Gasteiger partial charge in [0.15, 0.2) is 0 Å². The van der Waals surface area contributed by atoms with Gasteiger partial charge in [0.05, 0.1) is 0 Å². The van der Waals surface area contributed by atoms with Gasteiger partial charge in [0, 0.05) is 5.69 Å². The monoisotopic (exact) mass is 268 g/mol. The molecule has 0 aromatic heterocycles. The van der Waals surface area contributed by atoms with Crippen LogP contribution < -0.4 is 11.1 Å². The van der Waals surface area contributed by atoms with E-state index in [-0.39, 0.29) is 5.91 Å². The smallest absolute Gasteiger partial charge is 0.244 e. The number of anilines is 1. The maximum atomic E-state index is 11.8. The number of benzene rings is 2. The Hall–Kier alpha value is -2.29. The summed E-state index contributed by atoms with van der Waals surface area (Å²) < 4.78 is 0. The van der Waals surface area contributed by atoms with Crippen LogP contribution >= 0.6 is 0 Å². The van der Waals surface area contributed by atoms with E-state index in [1.165, 1.54) is 0 Å². The number of hydrogen-bond donors (Lipinski definition) is 2. The molecule has 3 heteroatoms. The lowest BCUT2D eigenvalue weighted by Gasteiger charge is -2.18. The van der Waals surface area contributed by atoms with Gasteiger partial charge in [0.1, 0.15) is 6.04 Å². The molecule has 104 valence electrons. The van der Waals surface area contributed by atoms with Gasteiger partial charge in [-0.1, -0.05) is 41.5 Å². The van der Waals surface area contributed by atoms with Gasteiger partial charge in [-0.2, -0.15) is 0 Å². The maximum Gasteiger partial charge on any atom is 0.244 e. The molecular weight excluding hydrogens is 248 g/mol. The molecule has 2 rings (SSSR count). The average molecular weight is 268 g/mol. The topological polar surface area (TPSA) is 55.1 Å². The minimum Gasteiger partial charge on any atom is -0.370 e. The summed E-state index contributed by atoms with van der Waals surface area (Å²) in [7, 11) is 0. The Labute approximate surface area is 119 Å². The first-order valence-electron chi connectivity index (χ1n) is 6.66. The van der Waals surface area contributed by atoms with Crippen LogP contribution in [0, 0.1) is 20.8 Å². The second kappa shape index (κ2) is 5.78.